The van der Waals surface area contributed by atoms with Gasteiger partial charge in [-0.2, -0.15) is 13.2 Å². The molecule has 0 aromatic heterocycles. The molecular formula is C32H23ClF3N3O5. The Morgan fingerprint density at radius 1 is 0.955 bits per heavy atom. The number of benzene rings is 4. The highest BCUT2D eigenvalue weighted by atomic mass is 35.5. The maximum absolute atomic E-state index is 13.6. The molecule has 0 fully saturated rings. The van der Waals surface area contributed by atoms with Gasteiger partial charge in [0.25, 0.3) is 11.8 Å². The van der Waals surface area contributed by atoms with Crippen molar-refractivity contribution in [2.45, 2.75) is 25.7 Å². The predicted molar refractivity (Wildman–Crippen MR) is 157 cm³/mol. The summed E-state index contributed by atoms with van der Waals surface area (Å²) >= 11 is 6.08. The number of nitrogens with one attached hydrogen (secondary N) is 2. The average molecular weight is 622 g/mol. The van der Waals surface area contributed by atoms with Crippen LogP contribution < -0.4 is 20.1 Å². The third-order valence-corrected chi connectivity index (χ3v) is 7.65. The fourth-order valence-corrected chi connectivity index (χ4v) is 5.22. The lowest BCUT2D eigenvalue weighted by Gasteiger charge is -2.26. The first-order chi connectivity index (χ1) is 21.0. The molecule has 0 spiro atoms. The summed E-state index contributed by atoms with van der Waals surface area (Å²) in [6, 6.07) is 18.1. The van der Waals surface area contributed by atoms with Gasteiger partial charge in [-0.1, -0.05) is 23.7 Å². The Balaban J connectivity index is 1.35. The summed E-state index contributed by atoms with van der Waals surface area (Å²) in [6.45, 7) is 1.70. The number of nitrogens with zero attached hydrogens (tertiary/aromatic N) is 1. The van der Waals surface area contributed by atoms with Crippen LogP contribution in [0.2, 0.25) is 5.02 Å². The second-order valence-electron chi connectivity index (χ2n) is 10.3. The van der Waals surface area contributed by atoms with E-state index in [4.69, 9.17) is 21.1 Å². The standard InChI is InChI=1S/C32H23ClF3N3O5/c1-17-29(40)38-26-14-21(33)6-10-24(26)31(42)39(17)15-18-2-9-23(25(12-18)19-3-11-27-28(13-19)44-16-43-27)30(41)37-22-7-4-20(5-8-22)32(34,35)36/h2-14,17H,15-16H2,1H3,(H,37,41)(H,38,40). The summed E-state index contributed by atoms with van der Waals surface area (Å²) in [4.78, 5) is 41.4. The molecule has 3 amide bonds. The molecule has 0 aliphatic carbocycles. The number of carbonyl (C=O) groups excluding carboxylic acids is 3. The largest absolute Gasteiger partial charge is 0.454 e. The van der Waals surface area contributed by atoms with Crippen LogP contribution in [0.25, 0.3) is 11.1 Å². The lowest BCUT2D eigenvalue weighted by molar-refractivity contribution is -0.137. The number of rotatable bonds is 5. The van der Waals surface area contributed by atoms with E-state index in [2.05, 4.69) is 10.6 Å². The number of anilines is 2. The second kappa shape index (κ2) is 11.2. The molecule has 0 saturated heterocycles. The van der Waals surface area contributed by atoms with Gasteiger partial charge in [-0.15, -0.1) is 0 Å². The van der Waals surface area contributed by atoms with E-state index in [1.807, 2.05) is 0 Å². The molecule has 8 nitrogen and oxygen atoms in total. The number of halogens is 4. The van der Waals surface area contributed by atoms with Gasteiger partial charge in [0, 0.05) is 22.8 Å². The van der Waals surface area contributed by atoms with Crippen LogP contribution in [-0.2, 0) is 17.5 Å². The van der Waals surface area contributed by atoms with Crippen LogP contribution in [-0.4, -0.2) is 35.5 Å². The number of carbonyl (C=O) groups is 3. The topological polar surface area (TPSA) is 97.0 Å². The molecule has 0 bridgehead atoms. The lowest BCUT2D eigenvalue weighted by Crippen LogP contribution is -2.42. The second-order valence-corrected chi connectivity index (χ2v) is 10.7. The number of hydrogen-bond donors (Lipinski definition) is 2. The number of alkyl halides is 3. The first-order valence-electron chi connectivity index (χ1n) is 13.4. The number of ether oxygens (including phenoxy) is 2. The minimum absolute atomic E-state index is 0.0356. The zero-order valence-corrected chi connectivity index (χ0v) is 23.8. The highest BCUT2D eigenvalue weighted by Crippen LogP contribution is 2.38. The molecule has 0 saturated carbocycles. The van der Waals surface area contributed by atoms with E-state index < -0.39 is 23.7 Å². The summed E-state index contributed by atoms with van der Waals surface area (Å²) < 4.78 is 50.0. The fraction of sp³-hybridized carbons (Fsp3) is 0.156. The Morgan fingerprint density at radius 3 is 2.45 bits per heavy atom. The zero-order chi connectivity index (χ0) is 31.2. The molecular weight excluding hydrogens is 599 g/mol. The van der Waals surface area contributed by atoms with Gasteiger partial charge in [0.1, 0.15) is 6.04 Å². The summed E-state index contributed by atoms with van der Waals surface area (Å²) in [7, 11) is 0. The van der Waals surface area contributed by atoms with Crippen molar-refractivity contribution in [3.8, 4) is 22.6 Å². The number of fused-ring (bicyclic) bond motifs is 2. The first-order valence-corrected chi connectivity index (χ1v) is 13.8. The maximum Gasteiger partial charge on any atom is 0.416 e. The van der Waals surface area contributed by atoms with Gasteiger partial charge in [-0.05, 0) is 90.3 Å². The SMILES string of the molecule is CC1C(=O)Nc2cc(Cl)ccc2C(=O)N1Cc1ccc(C(=O)Nc2ccc(C(F)(F)F)cc2)c(-c2ccc3c(c2)OCO3)c1. The van der Waals surface area contributed by atoms with Crippen LogP contribution in [0.5, 0.6) is 11.5 Å². The van der Waals surface area contributed by atoms with Crippen molar-refractivity contribution in [2.24, 2.45) is 0 Å². The number of amides is 3. The van der Waals surface area contributed by atoms with E-state index in [1.165, 1.54) is 23.1 Å². The minimum atomic E-state index is -4.51. The van der Waals surface area contributed by atoms with E-state index in [0.717, 1.165) is 12.1 Å². The molecule has 2 N–H and O–H groups in total. The van der Waals surface area contributed by atoms with Gasteiger partial charge in [-0.25, -0.2) is 0 Å². The molecule has 44 heavy (non-hydrogen) atoms. The van der Waals surface area contributed by atoms with Crippen LogP contribution in [0.15, 0.2) is 78.9 Å². The molecule has 4 aromatic rings. The minimum Gasteiger partial charge on any atom is -0.454 e. The monoisotopic (exact) mass is 621 g/mol. The predicted octanol–water partition coefficient (Wildman–Crippen LogP) is 6.99. The van der Waals surface area contributed by atoms with Crippen molar-refractivity contribution >= 4 is 40.7 Å². The summed E-state index contributed by atoms with van der Waals surface area (Å²) in [5, 5.41) is 5.78. The molecule has 2 aliphatic heterocycles. The molecule has 0 radical (unpaired) electrons. The van der Waals surface area contributed by atoms with Gasteiger partial charge in [0.2, 0.25) is 12.7 Å². The lowest BCUT2D eigenvalue weighted by atomic mass is 9.95. The van der Waals surface area contributed by atoms with E-state index in [9.17, 15) is 27.6 Å². The third-order valence-electron chi connectivity index (χ3n) is 7.41. The van der Waals surface area contributed by atoms with E-state index >= 15 is 0 Å². The summed E-state index contributed by atoms with van der Waals surface area (Å²) in [5.74, 6) is -0.313. The Labute approximate surface area is 254 Å². The Kier molecular flexibility index (Phi) is 7.42. The normalized spacial score (nSPS) is 15.8. The summed E-state index contributed by atoms with van der Waals surface area (Å²) in [6.07, 6.45) is -4.51. The quantitative estimate of drug-likeness (QED) is 0.250. The van der Waals surface area contributed by atoms with E-state index in [0.29, 0.717) is 38.9 Å². The first kappa shape index (κ1) is 29.1. The summed E-state index contributed by atoms with van der Waals surface area (Å²) in [5.41, 5.74) is 1.86. The van der Waals surface area contributed by atoms with Gasteiger partial charge in [-0.3, -0.25) is 14.4 Å². The van der Waals surface area contributed by atoms with Crippen molar-refractivity contribution < 1.29 is 37.0 Å². The Hall–Kier alpha value is -5.03. The Bertz CT molecular complexity index is 1810. The highest BCUT2D eigenvalue weighted by molar-refractivity contribution is 6.31. The average Bonchev–Trinajstić information content (AvgIpc) is 3.44. The van der Waals surface area contributed by atoms with Crippen molar-refractivity contribution in [3.63, 3.8) is 0 Å². The van der Waals surface area contributed by atoms with Crippen LogP contribution in [0.1, 0.15) is 38.8 Å². The molecule has 6 rings (SSSR count). The van der Waals surface area contributed by atoms with E-state index in [1.54, 1.807) is 55.5 Å². The molecule has 1 unspecified atom stereocenters. The molecule has 1 atom stereocenters. The zero-order valence-electron chi connectivity index (χ0n) is 23.0. The van der Waals surface area contributed by atoms with Crippen LogP contribution in [0, 0.1) is 0 Å². The molecule has 12 heteroatoms. The molecule has 2 heterocycles. The van der Waals surface area contributed by atoms with Crippen molar-refractivity contribution in [1.82, 2.24) is 4.90 Å². The molecule has 2 aliphatic rings. The van der Waals surface area contributed by atoms with Crippen molar-refractivity contribution in [1.29, 1.82) is 0 Å². The fourth-order valence-electron chi connectivity index (χ4n) is 5.05. The van der Waals surface area contributed by atoms with Crippen molar-refractivity contribution in [2.75, 3.05) is 17.4 Å². The van der Waals surface area contributed by atoms with Gasteiger partial charge >= 0.3 is 6.18 Å². The van der Waals surface area contributed by atoms with Gasteiger partial charge in [0.15, 0.2) is 11.5 Å². The maximum atomic E-state index is 13.6. The highest BCUT2D eigenvalue weighted by Gasteiger charge is 2.33. The van der Waals surface area contributed by atoms with Gasteiger partial charge < -0.3 is 25.0 Å². The third kappa shape index (κ3) is 5.66. The van der Waals surface area contributed by atoms with Crippen LogP contribution in [0.3, 0.4) is 0 Å². The van der Waals surface area contributed by atoms with Gasteiger partial charge in [0.05, 0.1) is 16.8 Å². The van der Waals surface area contributed by atoms with Crippen molar-refractivity contribution in [3.05, 3.63) is 106 Å². The molecule has 4 aromatic carbocycles. The smallest absolute Gasteiger partial charge is 0.416 e. The molecule has 224 valence electrons. The van der Waals surface area contributed by atoms with Crippen LogP contribution in [0.4, 0.5) is 24.5 Å². The number of hydrogen-bond acceptors (Lipinski definition) is 5. The van der Waals surface area contributed by atoms with Crippen LogP contribution >= 0.6 is 11.6 Å². The Morgan fingerprint density at radius 2 is 1.70 bits per heavy atom. The van der Waals surface area contributed by atoms with E-state index in [-0.39, 0.29) is 42.0 Å².